The first-order valence-electron chi connectivity index (χ1n) is 7.69. The highest BCUT2D eigenvalue weighted by molar-refractivity contribution is 6.25. The molecule has 1 aliphatic rings. The second-order valence-electron chi connectivity index (χ2n) is 6.19. The molecule has 0 unspecified atom stereocenters. The van der Waals surface area contributed by atoms with Crippen molar-refractivity contribution in [2.75, 3.05) is 11.5 Å². The molecule has 22 heavy (non-hydrogen) atoms. The lowest BCUT2D eigenvalue weighted by Crippen LogP contribution is -2.13. The van der Waals surface area contributed by atoms with Crippen molar-refractivity contribution in [1.29, 1.82) is 0 Å². The second kappa shape index (κ2) is 3.92. The molecule has 4 aromatic rings. The lowest BCUT2D eigenvalue weighted by atomic mass is 9.86. The SMILES string of the molecule is Nc1cc2ccc(N)c3c4c5c(cccc5c(c1)c23)CCC=4. The molecule has 106 valence electrons. The van der Waals surface area contributed by atoms with Crippen molar-refractivity contribution < 1.29 is 0 Å². The maximum atomic E-state index is 6.36. The van der Waals surface area contributed by atoms with Crippen molar-refractivity contribution in [2.45, 2.75) is 12.8 Å². The van der Waals surface area contributed by atoms with E-state index in [0.717, 1.165) is 24.2 Å². The molecule has 0 heterocycles. The Hall–Kier alpha value is -2.74. The Kier molecular flexibility index (Phi) is 2.11. The molecule has 0 fully saturated rings. The maximum Gasteiger partial charge on any atom is 0.0400 e. The summed E-state index contributed by atoms with van der Waals surface area (Å²) in [6, 6.07) is 14.8. The maximum absolute atomic E-state index is 6.36. The minimum atomic E-state index is 0.805. The normalized spacial score (nSPS) is 13.8. The van der Waals surface area contributed by atoms with Crippen LogP contribution in [0.1, 0.15) is 12.0 Å². The predicted molar refractivity (Wildman–Crippen MR) is 95.8 cm³/mol. The Morgan fingerprint density at radius 3 is 2.64 bits per heavy atom. The summed E-state index contributed by atoms with van der Waals surface area (Å²) in [6.45, 7) is 0. The van der Waals surface area contributed by atoms with Crippen LogP contribution < -0.4 is 16.7 Å². The molecule has 5 rings (SSSR count). The van der Waals surface area contributed by atoms with Gasteiger partial charge >= 0.3 is 0 Å². The molecule has 4 aromatic carbocycles. The Morgan fingerprint density at radius 2 is 1.73 bits per heavy atom. The summed E-state index contributed by atoms with van der Waals surface area (Å²) in [7, 11) is 0. The highest BCUT2D eigenvalue weighted by Crippen LogP contribution is 2.37. The standard InChI is InChI=1S/C20H16N2/c21-13-9-12-7-8-17(22)20-15-6-2-4-11-3-1-5-14(18(11)15)16(10-13)19(12)20/h1,3,5-10H,2,4,21-22H2. The molecule has 0 aliphatic heterocycles. The van der Waals surface area contributed by atoms with Crippen molar-refractivity contribution in [2.24, 2.45) is 0 Å². The van der Waals surface area contributed by atoms with E-state index in [1.807, 2.05) is 12.1 Å². The Balaban J connectivity index is 2.28. The van der Waals surface area contributed by atoms with Gasteiger partial charge in [-0.25, -0.2) is 0 Å². The quantitative estimate of drug-likeness (QED) is 0.293. The average molecular weight is 284 g/mol. The number of nitrogens with two attached hydrogens (primary N) is 2. The van der Waals surface area contributed by atoms with Crippen molar-refractivity contribution >= 4 is 49.8 Å². The second-order valence-corrected chi connectivity index (χ2v) is 6.19. The third kappa shape index (κ3) is 1.34. The van der Waals surface area contributed by atoms with Crippen molar-refractivity contribution in [3.8, 4) is 0 Å². The minimum absolute atomic E-state index is 0.805. The fraction of sp³-hybridized carbons (Fsp3) is 0.100. The Bertz CT molecular complexity index is 1140. The van der Waals surface area contributed by atoms with Gasteiger partial charge in [0, 0.05) is 16.8 Å². The van der Waals surface area contributed by atoms with E-state index in [-0.39, 0.29) is 0 Å². The first-order valence-corrected chi connectivity index (χ1v) is 7.69. The van der Waals surface area contributed by atoms with Crippen molar-refractivity contribution in [3.63, 3.8) is 0 Å². The van der Waals surface area contributed by atoms with Crippen LogP contribution in [0.4, 0.5) is 11.4 Å². The van der Waals surface area contributed by atoms with Gasteiger partial charge in [-0.2, -0.15) is 0 Å². The first kappa shape index (κ1) is 11.9. The number of benzene rings is 4. The molecule has 0 amide bonds. The zero-order chi connectivity index (χ0) is 14.8. The van der Waals surface area contributed by atoms with Crippen LogP contribution in [0.15, 0.2) is 42.5 Å². The van der Waals surface area contributed by atoms with Crippen LogP contribution >= 0.6 is 0 Å². The number of aryl methyl sites for hydroxylation is 1. The number of hydrogen-bond acceptors (Lipinski definition) is 2. The Morgan fingerprint density at radius 1 is 0.818 bits per heavy atom. The largest absolute Gasteiger partial charge is 0.399 e. The van der Waals surface area contributed by atoms with E-state index in [1.54, 1.807) is 0 Å². The summed E-state index contributed by atoms with van der Waals surface area (Å²) in [5.74, 6) is 0. The number of nitrogen functional groups attached to an aromatic ring is 2. The summed E-state index contributed by atoms with van der Waals surface area (Å²) >= 11 is 0. The third-order valence-electron chi connectivity index (χ3n) is 4.91. The molecule has 0 bridgehead atoms. The molecule has 0 saturated carbocycles. The molecule has 1 aliphatic carbocycles. The van der Waals surface area contributed by atoms with E-state index < -0.39 is 0 Å². The molecule has 0 saturated heterocycles. The molecule has 4 N–H and O–H groups in total. The summed E-state index contributed by atoms with van der Waals surface area (Å²) in [6.07, 6.45) is 4.52. The fourth-order valence-corrected chi connectivity index (χ4v) is 4.06. The number of hydrogen-bond donors (Lipinski definition) is 2. The van der Waals surface area contributed by atoms with Gasteiger partial charge in [0.1, 0.15) is 0 Å². The molecule has 2 heteroatoms. The zero-order valence-electron chi connectivity index (χ0n) is 12.2. The molecule has 0 atom stereocenters. The van der Waals surface area contributed by atoms with E-state index in [9.17, 15) is 0 Å². The van der Waals surface area contributed by atoms with Crippen LogP contribution in [0.5, 0.6) is 0 Å². The van der Waals surface area contributed by atoms with Crippen LogP contribution in [0.2, 0.25) is 0 Å². The van der Waals surface area contributed by atoms with Crippen LogP contribution in [0.25, 0.3) is 38.4 Å². The van der Waals surface area contributed by atoms with Crippen LogP contribution in [-0.4, -0.2) is 0 Å². The van der Waals surface area contributed by atoms with Gasteiger partial charge in [0.05, 0.1) is 0 Å². The highest BCUT2D eigenvalue weighted by Gasteiger charge is 2.16. The number of anilines is 2. The Labute approximate surface area is 128 Å². The minimum Gasteiger partial charge on any atom is -0.399 e. The van der Waals surface area contributed by atoms with Crippen LogP contribution in [0.3, 0.4) is 0 Å². The number of fused-ring (bicyclic) bond motifs is 2. The van der Waals surface area contributed by atoms with E-state index >= 15 is 0 Å². The van der Waals surface area contributed by atoms with E-state index in [2.05, 4.69) is 36.4 Å². The van der Waals surface area contributed by atoms with Crippen molar-refractivity contribution in [3.05, 3.63) is 53.2 Å². The van der Waals surface area contributed by atoms with E-state index in [0.29, 0.717) is 0 Å². The van der Waals surface area contributed by atoms with Crippen molar-refractivity contribution in [1.82, 2.24) is 0 Å². The summed E-state index contributed by atoms with van der Waals surface area (Å²) in [5, 5.41) is 8.76. The van der Waals surface area contributed by atoms with Gasteiger partial charge in [-0.1, -0.05) is 30.3 Å². The number of rotatable bonds is 0. The van der Waals surface area contributed by atoms with Crippen LogP contribution in [-0.2, 0) is 6.42 Å². The lowest BCUT2D eigenvalue weighted by Gasteiger charge is -2.18. The molecule has 0 aromatic heterocycles. The predicted octanol–water partition coefficient (Wildman–Crippen LogP) is 3.76. The van der Waals surface area contributed by atoms with Gasteiger partial charge in [0.25, 0.3) is 0 Å². The lowest BCUT2D eigenvalue weighted by molar-refractivity contribution is 1.04. The van der Waals surface area contributed by atoms with E-state index in [4.69, 9.17) is 11.5 Å². The average Bonchev–Trinajstić information content (AvgIpc) is 2.53. The first-order chi connectivity index (χ1) is 10.7. The fourth-order valence-electron chi connectivity index (χ4n) is 4.06. The summed E-state index contributed by atoms with van der Waals surface area (Å²) in [5.41, 5.74) is 15.6. The molecule has 0 radical (unpaired) electrons. The topological polar surface area (TPSA) is 52.0 Å². The van der Waals surface area contributed by atoms with Gasteiger partial charge in [-0.15, -0.1) is 0 Å². The smallest absolute Gasteiger partial charge is 0.0400 e. The van der Waals surface area contributed by atoms with Gasteiger partial charge in [0.2, 0.25) is 0 Å². The van der Waals surface area contributed by atoms with Gasteiger partial charge in [-0.3, -0.25) is 0 Å². The molecule has 0 spiro atoms. The molecular weight excluding hydrogens is 268 g/mol. The van der Waals surface area contributed by atoms with Gasteiger partial charge in [0.15, 0.2) is 0 Å². The molecule has 2 nitrogen and oxygen atoms in total. The summed E-state index contributed by atoms with van der Waals surface area (Å²) < 4.78 is 0. The summed E-state index contributed by atoms with van der Waals surface area (Å²) in [4.78, 5) is 0. The van der Waals surface area contributed by atoms with Gasteiger partial charge in [-0.05, 0) is 68.8 Å². The third-order valence-corrected chi connectivity index (χ3v) is 4.91. The monoisotopic (exact) mass is 284 g/mol. The van der Waals surface area contributed by atoms with Gasteiger partial charge < -0.3 is 11.5 Å². The molecular formula is C20H16N2. The zero-order valence-corrected chi connectivity index (χ0v) is 12.2. The highest BCUT2D eigenvalue weighted by atomic mass is 14.6. The van der Waals surface area contributed by atoms with Crippen LogP contribution in [0, 0.1) is 0 Å². The van der Waals surface area contributed by atoms with E-state index in [1.165, 1.54) is 43.1 Å².